The van der Waals surface area contributed by atoms with Crippen LogP contribution in [0.2, 0.25) is 0 Å². The van der Waals surface area contributed by atoms with Crippen LogP contribution in [-0.4, -0.2) is 49.2 Å². The van der Waals surface area contributed by atoms with Crippen molar-refractivity contribution in [3.63, 3.8) is 0 Å². The first-order chi connectivity index (χ1) is 7.65. The fraction of sp³-hybridized carbons (Fsp3) is 1.00. The van der Waals surface area contributed by atoms with Crippen molar-refractivity contribution < 1.29 is 0 Å². The molecule has 3 atom stereocenters. The number of hydrogen-bond acceptors (Lipinski definition) is 3. The van der Waals surface area contributed by atoms with Crippen LogP contribution in [-0.2, 0) is 0 Å². The molecule has 3 heteroatoms. The third kappa shape index (κ3) is 3.19. The highest BCUT2D eigenvalue weighted by molar-refractivity contribution is 4.81. The number of nitrogens with one attached hydrogen (secondary N) is 1. The second kappa shape index (κ2) is 5.48. The number of nitrogens with zero attached hydrogens (tertiary/aromatic N) is 2. The fourth-order valence-electron chi connectivity index (χ4n) is 3.03. The first-order valence-electron chi connectivity index (χ1n) is 6.85. The molecule has 0 spiro atoms. The smallest absolute Gasteiger partial charge is 0.0259 e. The Balaban J connectivity index is 1.76. The number of rotatable bonds is 2. The summed E-state index contributed by atoms with van der Waals surface area (Å²) >= 11 is 0. The zero-order chi connectivity index (χ0) is 11.5. The zero-order valence-corrected chi connectivity index (χ0v) is 11.1. The Morgan fingerprint density at radius 1 is 1.00 bits per heavy atom. The maximum atomic E-state index is 3.76. The average Bonchev–Trinajstić information content (AvgIpc) is 2.25. The molecule has 94 valence electrons. The molecule has 1 aliphatic carbocycles. The van der Waals surface area contributed by atoms with Crippen LogP contribution in [0.4, 0.5) is 0 Å². The predicted octanol–water partition coefficient (Wildman–Crippen LogP) is 1.56. The van der Waals surface area contributed by atoms with Crippen LogP contribution >= 0.6 is 0 Å². The van der Waals surface area contributed by atoms with Crippen LogP contribution in [0.5, 0.6) is 0 Å². The summed E-state index contributed by atoms with van der Waals surface area (Å²) in [6, 6.07) is 0.722. The molecule has 16 heavy (non-hydrogen) atoms. The molecular formula is C13H27N3. The maximum absolute atomic E-state index is 3.76. The largest absolute Gasteiger partial charge is 0.304 e. The van der Waals surface area contributed by atoms with E-state index in [0.717, 1.165) is 17.9 Å². The molecule has 1 saturated carbocycles. The van der Waals surface area contributed by atoms with E-state index < -0.39 is 0 Å². The van der Waals surface area contributed by atoms with E-state index in [0.29, 0.717) is 0 Å². The van der Waals surface area contributed by atoms with Gasteiger partial charge in [-0.1, -0.05) is 13.8 Å². The van der Waals surface area contributed by atoms with E-state index in [9.17, 15) is 0 Å². The van der Waals surface area contributed by atoms with Crippen LogP contribution < -0.4 is 5.43 Å². The van der Waals surface area contributed by atoms with Crippen molar-refractivity contribution >= 4 is 0 Å². The summed E-state index contributed by atoms with van der Waals surface area (Å²) in [6.07, 6.45) is 4.15. The van der Waals surface area contributed by atoms with Gasteiger partial charge >= 0.3 is 0 Å². The lowest BCUT2D eigenvalue weighted by atomic mass is 9.80. The standard InChI is InChI=1S/C13H27N3/c1-11-4-5-13(12(2)10-11)14-16-8-6-15(3)7-9-16/h11-14H,4-10H2,1-3H3. The highest BCUT2D eigenvalue weighted by atomic mass is 15.5. The Labute approximate surface area is 100 Å². The third-order valence-corrected chi connectivity index (χ3v) is 4.28. The first kappa shape index (κ1) is 12.3. The van der Waals surface area contributed by atoms with Crippen molar-refractivity contribution in [2.45, 2.75) is 39.2 Å². The molecule has 2 rings (SSSR count). The second-order valence-corrected chi connectivity index (χ2v) is 5.92. The minimum Gasteiger partial charge on any atom is -0.304 e. The van der Waals surface area contributed by atoms with Gasteiger partial charge in [0.25, 0.3) is 0 Å². The van der Waals surface area contributed by atoms with E-state index in [2.05, 4.69) is 36.2 Å². The molecule has 0 aromatic rings. The number of hydrazine groups is 1. The quantitative estimate of drug-likeness (QED) is 0.769. The van der Waals surface area contributed by atoms with Gasteiger partial charge in [0.1, 0.15) is 0 Å². The van der Waals surface area contributed by atoms with E-state index in [1.54, 1.807) is 0 Å². The summed E-state index contributed by atoms with van der Waals surface area (Å²) in [6.45, 7) is 9.55. The summed E-state index contributed by atoms with van der Waals surface area (Å²) in [7, 11) is 2.21. The van der Waals surface area contributed by atoms with Crippen molar-refractivity contribution in [3.05, 3.63) is 0 Å². The van der Waals surface area contributed by atoms with Gasteiger partial charge in [-0.2, -0.15) is 0 Å². The SMILES string of the molecule is CC1CCC(NN2CCN(C)CC2)C(C)C1. The van der Waals surface area contributed by atoms with Gasteiger partial charge in [0, 0.05) is 32.2 Å². The maximum Gasteiger partial charge on any atom is 0.0259 e. The molecule has 3 nitrogen and oxygen atoms in total. The van der Waals surface area contributed by atoms with Gasteiger partial charge in [-0.15, -0.1) is 0 Å². The number of likely N-dealkylation sites (N-methyl/N-ethyl adjacent to an activating group) is 1. The van der Waals surface area contributed by atoms with Crippen LogP contribution in [0.15, 0.2) is 0 Å². The van der Waals surface area contributed by atoms with E-state index in [4.69, 9.17) is 0 Å². The fourth-order valence-corrected chi connectivity index (χ4v) is 3.03. The molecule has 1 N–H and O–H groups in total. The molecule has 1 aliphatic heterocycles. The van der Waals surface area contributed by atoms with Crippen molar-refractivity contribution in [2.75, 3.05) is 33.2 Å². The van der Waals surface area contributed by atoms with Gasteiger partial charge in [-0.25, -0.2) is 5.01 Å². The Morgan fingerprint density at radius 3 is 2.31 bits per heavy atom. The predicted molar refractivity (Wildman–Crippen MR) is 68.2 cm³/mol. The lowest BCUT2D eigenvalue weighted by molar-refractivity contribution is 0.0583. The van der Waals surface area contributed by atoms with Gasteiger partial charge in [-0.05, 0) is 38.1 Å². The monoisotopic (exact) mass is 225 g/mol. The molecule has 0 aromatic carbocycles. The molecule has 1 saturated heterocycles. The Morgan fingerprint density at radius 2 is 1.69 bits per heavy atom. The number of piperazine rings is 1. The van der Waals surface area contributed by atoms with Crippen LogP contribution in [0.3, 0.4) is 0 Å². The Bertz CT molecular complexity index is 211. The average molecular weight is 225 g/mol. The van der Waals surface area contributed by atoms with Gasteiger partial charge in [0.05, 0.1) is 0 Å². The highest BCUT2D eigenvalue weighted by Gasteiger charge is 2.27. The molecule has 0 bridgehead atoms. The van der Waals surface area contributed by atoms with E-state index in [1.165, 1.54) is 45.4 Å². The lowest BCUT2D eigenvalue weighted by Crippen LogP contribution is -2.55. The number of hydrogen-bond donors (Lipinski definition) is 1. The molecular weight excluding hydrogens is 198 g/mol. The van der Waals surface area contributed by atoms with Crippen molar-refractivity contribution in [1.29, 1.82) is 0 Å². The zero-order valence-electron chi connectivity index (χ0n) is 11.1. The van der Waals surface area contributed by atoms with Gasteiger partial charge in [0.2, 0.25) is 0 Å². The van der Waals surface area contributed by atoms with Crippen LogP contribution in [0.25, 0.3) is 0 Å². The normalized spacial score (nSPS) is 38.8. The molecule has 2 aliphatic rings. The summed E-state index contributed by atoms with van der Waals surface area (Å²) in [5, 5.41) is 2.44. The second-order valence-electron chi connectivity index (χ2n) is 5.92. The van der Waals surface area contributed by atoms with E-state index in [-0.39, 0.29) is 0 Å². The van der Waals surface area contributed by atoms with Crippen molar-refractivity contribution in [2.24, 2.45) is 11.8 Å². The van der Waals surface area contributed by atoms with Gasteiger partial charge < -0.3 is 4.90 Å². The third-order valence-electron chi connectivity index (χ3n) is 4.28. The van der Waals surface area contributed by atoms with Crippen LogP contribution in [0.1, 0.15) is 33.1 Å². The first-order valence-corrected chi connectivity index (χ1v) is 6.85. The van der Waals surface area contributed by atoms with Gasteiger partial charge in [0.15, 0.2) is 0 Å². The molecule has 0 aromatic heterocycles. The molecule has 0 amide bonds. The minimum absolute atomic E-state index is 0.722. The molecule has 2 fully saturated rings. The Hall–Kier alpha value is -0.120. The summed E-state index contributed by atoms with van der Waals surface area (Å²) < 4.78 is 0. The summed E-state index contributed by atoms with van der Waals surface area (Å²) in [4.78, 5) is 2.41. The summed E-state index contributed by atoms with van der Waals surface area (Å²) in [5.74, 6) is 1.77. The minimum atomic E-state index is 0.722. The van der Waals surface area contributed by atoms with E-state index >= 15 is 0 Å². The van der Waals surface area contributed by atoms with Gasteiger partial charge in [-0.3, -0.25) is 5.43 Å². The van der Waals surface area contributed by atoms with E-state index in [1.807, 2.05) is 0 Å². The molecule has 0 radical (unpaired) electrons. The lowest BCUT2D eigenvalue weighted by Gasteiger charge is -2.40. The Kier molecular flexibility index (Phi) is 4.22. The molecule has 3 unspecified atom stereocenters. The van der Waals surface area contributed by atoms with Crippen LogP contribution in [0, 0.1) is 11.8 Å². The van der Waals surface area contributed by atoms with Crippen molar-refractivity contribution in [1.82, 2.24) is 15.3 Å². The molecule has 1 heterocycles. The van der Waals surface area contributed by atoms with Crippen molar-refractivity contribution in [3.8, 4) is 0 Å². The topological polar surface area (TPSA) is 18.5 Å². The highest BCUT2D eigenvalue weighted by Crippen LogP contribution is 2.28. The summed E-state index contributed by atoms with van der Waals surface area (Å²) in [5.41, 5.74) is 3.76.